The maximum absolute atomic E-state index is 12.9. The van der Waals surface area contributed by atoms with Crippen LogP contribution in [-0.4, -0.2) is 26.2 Å². The van der Waals surface area contributed by atoms with Gasteiger partial charge in [0.25, 0.3) is 5.91 Å². The largest absolute Gasteiger partial charge is 0.497 e. The van der Waals surface area contributed by atoms with Crippen molar-refractivity contribution in [2.45, 2.75) is 0 Å². The molecule has 0 saturated heterocycles. The summed E-state index contributed by atoms with van der Waals surface area (Å²) in [6, 6.07) is 20.2. The van der Waals surface area contributed by atoms with E-state index in [1.165, 1.54) is 24.3 Å². The van der Waals surface area contributed by atoms with Gasteiger partial charge >= 0.3 is 0 Å². The van der Waals surface area contributed by atoms with Crippen LogP contribution in [0.5, 0.6) is 11.5 Å². The Balaban J connectivity index is 1.43. The number of carbonyl (C=O) groups excluding carboxylic acids is 1. The maximum Gasteiger partial charge on any atom is 0.255 e. The standard InChI is InChI=1S/C22H21FN2O3/c1-27-20-10-12-21(13-11-20)28-15-14-24-18-6-8-19(9-7-18)25-22(26)16-2-4-17(23)5-3-16/h2-13,24H,14-15H2,1H3,(H,25,26). The summed E-state index contributed by atoms with van der Waals surface area (Å²) < 4.78 is 23.7. The van der Waals surface area contributed by atoms with Gasteiger partial charge in [-0.1, -0.05) is 0 Å². The first-order valence-corrected chi connectivity index (χ1v) is 8.82. The van der Waals surface area contributed by atoms with E-state index in [0.717, 1.165) is 17.2 Å². The summed E-state index contributed by atoms with van der Waals surface area (Å²) in [5.41, 5.74) is 1.98. The van der Waals surface area contributed by atoms with Gasteiger partial charge in [-0.05, 0) is 72.8 Å². The third-order valence-electron chi connectivity index (χ3n) is 4.01. The molecule has 0 saturated carbocycles. The number of halogens is 1. The molecule has 28 heavy (non-hydrogen) atoms. The molecule has 3 aromatic rings. The van der Waals surface area contributed by atoms with Gasteiger partial charge in [0, 0.05) is 23.5 Å². The van der Waals surface area contributed by atoms with Crippen molar-refractivity contribution in [2.75, 3.05) is 30.9 Å². The molecular formula is C22H21FN2O3. The van der Waals surface area contributed by atoms with E-state index in [1.54, 1.807) is 19.2 Å². The van der Waals surface area contributed by atoms with Crippen LogP contribution in [0, 0.1) is 5.82 Å². The van der Waals surface area contributed by atoms with Crippen molar-refractivity contribution < 1.29 is 18.7 Å². The van der Waals surface area contributed by atoms with E-state index in [1.807, 2.05) is 36.4 Å². The lowest BCUT2D eigenvalue weighted by Crippen LogP contribution is -2.13. The summed E-state index contributed by atoms with van der Waals surface area (Å²) in [5.74, 6) is 0.912. The molecule has 2 N–H and O–H groups in total. The van der Waals surface area contributed by atoms with Crippen LogP contribution in [0.15, 0.2) is 72.8 Å². The van der Waals surface area contributed by atoms with Gasteiger partial charge in [0.15, 0.2) is 0 Å². The summed E-state index contributed by atoms with van der Waals surface area (Å²) in [5, 5.41) is 6.03. The third-order valence-corrected chi connectivity index (χ3v) is 4.01. The van der Waals surface area contributed by atoms with Crippen molar-refractivity contribution in [3.8, 4) is 11.5 Å². The Morgan fingerprint density at radius 3 is 2.11 bits per heavy atom. The molecule has 1 amide bonds. The van der Waals surface area contributed by atoms with Crippen LogP contribution < -0.4 is 20.1 Å². The molecule has 0 fully saturated rings. The van der Waals surface area contributed by atoms with Gasteiger partial charge in [0.2, 0.25) is 0 Å². The topological polar surface area (TPSA) is 59.6 Å². The van der Waals surface area contributed by atoms with Crippen molar-refractivity contribution in [3.63, 3.8) is 0 Å². The molecule has 0 atom stereocenters. The van der Waals surface area contributed by atoms with Crippen LogP contribution in [-0.2, 0) is 0 Å². The third kappa shape index (κ3) is 5.48. The molecule has 5 nitrogen and oxygen atoms in total. The number of nitrogens with one attached hydrogen (secondary N) is 2. The number of rotatable bonds is 8. The average molecular weight is 380 g/mol. The molecule has 0 bridgehead atoms. The summed E-state index contributed by atoms with van der Waals surface area (Å²) >= 11 is 0. The molecule has 0 radical (unpaired) electrons. The van der Waals surface area contributed by atoms with Crippen molar-refractivity contribution in [1.82, 2.24) is 0 Å². The maximum atomic E-state index is 12.9. The van der Waals surface area contributed by atoms with Crippen LogP contribution in [0.1, 0.15) is 10.4 Å². The van der Waals surface area contributed by atoms with E-state index in [9.17, 15) is 9.18 Å². The van der Waals surface area contributed by atoms with Gasteiger partial charge < -0.3 is 20.1 Å². The normalized spacial score (nSPS) is 10.2. The van der Waals surface area contributed by atoms with Crippen LogP contribution in [0.3, 0.4) is 0 Å². The Morgan fingerprint density at radius 2 is 1.46 bits per heavy atom. The van der Waals surface area contributed by atoms with Gasteiger partial charge in [-0.3, -0.25) is 4.79 Å². The average Bonchev–Trinajstić information content (AvgIpc) is 2.73. The highest BCUT2D eigenvalue weighted by Gasteiger charge is 2.06. The Labute approximate surface area is 163 Å². The highest BCUT2D eigenvalue weighted by atomic mass is 19.1. The minimum Gasteiger partial charge on any atom is -0.497 e. The molecule has 0 unspecified atom stereocenters. The van der Waals surface area contributed by atoms with E-state index in [0.29, 0.717) is 24.4 Å². The smallest absolute Gasteiger partial charge is 0.255 e. The summed E-state index contributed by atoms with van der Waals surface area (Å²) in [6.07, 6.45) is 0. The SMILES string of the molecule is COc1ccc(OCCNc2ccc(NC(=O)c3ccc(F)cc3)cc2)cc1. The summed E-state index contributed by atoms with van der Waals surface area (Å²) in [7, 11) is 1.62. The molecule has 0 aliphatic carbocycles. The lowest BCUT2D eigenvalue weighted by molar-refractivity contribution is 0.102. The fourth-order valence-corrected chi connectivity index (χ4v) is 2.51. The Morgan fingerprint density at radius 1 is 0.857 bits per heavy atom. The number of ether oxygens (including phenoxy) is 2. The van der Waals surface area contributed by atoms with E-state index in [2.05, 4.69) is 10.6 Å². The van der Waals surface area contributed by atoms with Gasteiger partial charge in [-0.25, -0.2) is 4.39 Å². The Kier molecular flexibility index (Phi) is 6.46. The van der Waals surface area contributed by atoms with Crippen molar-refractivity contribution >= 4 is 17.3 Å². The lowest BCUT2D eigenvalue weighted by atomic mass is 10.2. The number of hydrogen-bond acceptors (Lipinski definition) is 4. The number of benzene rings is 3. The van der Waals surface area contributed by atoms with Gasteiger partial charge in [-0.15, -0.1) is 0 Å². The van der Waals surface area contributed by atoms with Crippen LogP contribution in [0.4, 0.5) is 15.8 Å². The monoisotopic (exact) mass is 380 g/mol. The minimum absolute atomic E-state index is 0.284. The first kappa shape index (κ1) is 19.2. The van der Waals surface area contributed by atoms with Gasteiger partial charge in [-0.2, -0.15) is 0 Å². The predicted octanol–water partition coefficient (Wildman–Crippen LogP) is 4.58. The highest BCUT2D eigenvalue weighted by Crippen LogP contribution is 2.17. The van der Waals surface area contributed by atoms with Crippen LogP contribution in [0.25, 0.3) is 0 Å². The van der Waals surface area contributed by atoms with E-state index >= 15 is 0 Å². The Hall–Kier alpha value is -3.54. The molecule has 144 valence electrons. The molecule has 0 heterocycles. The second-order valence-electron chi connectivity index (χ2n) is 5.99. The molecule has 0 spiro atoms. The number of hydrogen-bond donors (Lipinski definition) is 2. The van der Waals surface area contributed by atoms with Crippen molar-refractivity contribution in [2.24, 2.45) is 0 Å². The Bertz CT molecular complexity index is 895. The molecular weight excluding hydrogens is 359 g/mol. The number of carbonyl (C=O) groups is 1. The molecule has 0 aliphatic rings. The zero-order valence-electron chi connectivity index (χ0n) is 15.4. The van der Waals surface area contributed by atoms with Gasteiger partial charge in [0.05, 0.1) is 7.11 Å². The second kappa shape index (κ2) is 9.41. The van der Waals surface area contributed by atoms with Crippen LogP contribution in [0.2, 0.25) is 0 Å². The first-order valence-electron chi connectivity index (χ1n) is 8.82. The fourth-order valence-electron chi connectivity index (χ4n) is 2.51. The predicted molar refractivity (Wildman–Crippen MR) is 108 cm³/mol. The van der Waals surface area contributed by atoms with Crippen LogP contribution >= 0.6 is 0 Å². The van der Waals surface area contributed by atoms with E-state index in [-0.39, 0.29) is 11.7 Å². The zero-order valence-corrected chi connectivity index (χ0v) is 15.4. The summed E-state index contributed by atoms with van der Waals surface area (Å²) in [6.45, 7) is 1.14. The second-order valence-corrected chi connectivity index (χ2v) is 5.99. The zero-order chi connectivity index (χ0) is 19.8. The lowest BCUT2D eigenvalue weighted by Gasteiger charge is -2.10. The fraction of sp³-hybridized carbons (Fsp3) is 0.136. The van der Waals surface area contributed by atoms with E-state index < -0.39 is 0 Å². The quantitative estimate of drug-likeness (QED) is 0.562. The van der Waals surface area contributed by atoms with Crippen molar-refractivity contribution in [1.29, 1.82) is 0 Å². The molecule has 0 aliphatic heterocycles. The summed E-state index contributed by atoms with van der Waals surface area (Å²) in [4.78, 5) is 12.1. The molecule has 0 aromatic heterocycles. The van der Waals surface area contributed by atoms with Crippen molar-refractivity contribution in [3.05, 3.63) is 84.2 Å². The number of methoxy groups -OCH3 is 1. The highest BCUT2D eigenvalue weighted by molar-refractivity contribution is 6.04. The molecule has 3 rings (SSSR count). The first-order chi connectivity index (χ1) is 13.6. The number of anilines is 2. The minimum atomic E-state index is -0.372. The molecule has 6 heteroatoms. The molecule has 3 aromatic carbocycles. The van der Waals surface area contributed by atoms with E-state index in [4.69, 9.17) is 9.47 Å². The number of amides is 1. The van der Waals surface area contributed by atoms with Gasteiger partial charge in [0.1, 0.15) is 23.9 Å².